The predicted molar refractivity (Wildman–Crippen MR) is 76.4 cm³/mol. The zero-order valence-electron chi connectivity index (χ0n) is 11.8. The highest BCUT2D eigenvalue weighted by Gasteiger charge is 2.56. The Bertz CT molecular complexity index is 568. The number of amidine groups is 1. The summed E-state index contributed by atoms with van der Waals surface area (Å²) in [7, 11) is 0. The number of urea groups is 1. The highest BCUT2D eigenvalue weighted by Crippen LogP contribution is 2.40. The molecule has 0 aliphatic carbocycles. The molecule has 0 saturated carbocycles. The number of rotatable bonds is 2. The monoisotopic (exact) mass is 273 g/mol. The Morgan fingerprint density at radius 3 is 2.65 bits per heavy atom. The van der Waals surface area contributed by atoms with Crippen LogP contribution >= 0.6 is 0 Å². The molecule has 2 amide bonds. The molecule has 1 saturated heterocycles. The first-order valence-corrected chi connectivity index (χ1v) is 6.77. The Kier molecular flexibility index (Phi) is 2.83. The minimum absolute atomic E-state index is 0.271. The van der Waals surface area contributed by atoms with Crippen LogP contribution in [0.3, 0.4) is 0 Å². The van der Waals surface area contributed by atoms with Gasteiger partial charge in [0, 0.05) is 13.0 Å². The maximum atomic E-state index is 12.2. The lowest BCUT2D eigenvalue weighted by molar-refractivity contribution is 0.0319. The van der Waals surface area contributed by atoms with Crippen molar-refractivity contribution < 1.29 is 9.53 Å². The van der Waals surface area contributed by atoms with Gasteiger partial charge in [-0.3, -0.25) is 0 Å². The van der Waals surface area contributed by atoms with Gasteiger partial charge in [-0.1, -0.05) is 30.3 Å². The molecule has 2 aliphatic rings. The number of amides is 2. The molecule has 1 atom stereocenters. The summed E-state index contributed by atoms with van der Waals surface area (Å²) in [5.74, 6) is 0.379. The van der Waals surface area contributed by atoms with Gasteiger partial charge >= 0.3 is 6.03 Å². The molecule has 2 N–H and O–H groups in total. The van der Waals surface area contributed by atoms with E-state index in [1.807, 2.05) is 44.2 Å². The lowest BCUT2D eigenvalue weighted by Gasteiger charge is -2.33. The van der Waals surface area contributed by atoms with E-state index < -0.39 is 5.54 Å². The fourth-order valence-corrected chi connectivity index (χ4v) is 3.03. The van der Waals surface area contributed by atoms with Gasteiger partial charge in [0.15, 0.2) is 0 Å². The molecule has 0 radical (unpaired) electrons. The van der Waals surface area contributed by atoms with Gasteiger partial charge in [-0.05, 0) is 19.4 Å². The van der Waals surface area contributed by atoms with Gasteiger partial charge in [-0.2, -0.15) is 4.99 Å². The van der Waals surface area contributed by atoms with Crippen molar-refractivity contribution in [1.82, 2.24) is 4.90 Å². The number of aliphatic imine (C=N–C) groups is 1. The van der Waals surface area contributed by atoms with Crippen molar-refractivity contribution in [3.8, 4) is 0 Å². The van der Waals surface area contributed by atoms with Crippen LogP contribution < -0.4 is 5.73 Å². The highest BCUT2D eigenvalue weighted by molar-refractivity contribution is 6.06. The summed E-state index contributed by atoms with van der Waals surface area (Å²) in [5, 5.41) is 0. The van der Waals surface area contributed by atoms with Crippen molar-refractivity contribution in [2.75, 3.05) is 6.61 Å². The highest BCUT2D eigenvalue weighted by atomic mass is 16.5. The van der Waals surface area contributed by atoms with Crippen molar-refractivity contribution in [1.29, 1.82) is 0 Å². The number of nitrogens with zero attached hydrogens (tertiary/aromatic N) is 2. The molecule has 0 bridgehead atoms. The molecular formula is C15H19N3O2. The minimum Gasteiger partial charge on any atom is -0.385 e. The van der Waals surface area contributed by atoms with Gasteiger partial charge < -0.3 is 15.4 Å². The Hall–Kier alpha value is -1.88. The number of benzene rings is 1. The first-order chi connectivity index (χ1) is 9.43. The normalized spacial score (nSPS) is 28.2. The van der Waals surface area contributed by atoms with E-state index in [0.717, 1.165) is 5.56 Å². The Morgan fingerprint density at radius 1 is 1.35 bits per heavy atom. The van der Waals surface area contributed by atoms with Crippen LogP contribution in [-0.4, -0.2) is 34.5 Å². The molecule has 2 aliphatic heterocycles. The van der Waals surface area contributed by atoms with Crippen molar-refractivity contribution in [2.24, 2.45) is 10.7 Å². The van der Waals surface area contributed by atoms with Crippen molar-refractivity contribution >= 4 is 11.9 Å². The van der Waals surface area contributed by atoms with Gasteiger partial charge in [-0.25, -0.2) is 4.79 Å². The van der Waals surface area contributed by atoms with Gasteiger partial charge in [0.25, 0.3) is 0 Å². The van der Waals surface area contributed by atoms with Crippen molar-refractivity contribution in [2.45, 2.75) is 38.0 Å². The smallest absolute Gasteiger partial charge is 0.346 e. The fraction of sp³-hybridized carbons (Fsp3) is 0.467. The summed E-state index contributed by atoms with van der Waals surface area (Å²) in [6.07, 6.45) is 0.675. The number of hydrogen-bond acceptors (Lipinski definition) is 3. The van der Waals surface area contributed by atoms with Crippen LogP contribution in [0, 0.1) is 0 Å². The molecule has 1 fully saturated rings. The van der Waals surface area contributed by atoms with Crippen LogP contribution in [0.1, 0.15) is 25.8 Å². The van der Waals surface area contributed by atoms with Crippen LogP contribution in [0.5, 0.6) is 0 Å². The minimum atomic E-state index is -0.587. The lowest BCUT2D eigenvalue weighted by atomic mass is 9.88. The molecule has 5 heteroatoms. The third-order valence-corrected chi connectivity index (χ3v) is 4.04. The Labute approximate surface area is 118 Å². The fourth-order valence-electron chi connectivity index (χ4n) is 3.03. The molecule has 0 aromatic heterocycles. The summed E-state index contributed by atoms with van der Waals surface area (Å²) in [6.45, 7) is 4.94. The van der Waals surface area contributed by atoms with E-state index >= 15 is 0 Å². The summed E-state index contributed by atoms with van der Waals surface area (Å²) < 4.78 is 5.81. The largest absolute Gasteiger partial charge is 0.385 e. The first-order valence-electron chi connectivity index (χ1n) is 6.77. The van der Waals surface area contributed by atoms with E-state index in [4.69, 9.17) is 10.5 Å². The Balaban J connectivity index is 1.91. The molecular weight excluding hydrogens is 254 g/mol. The van der Waals surface area contributed by atoms with Gasteiger partial charge in [0.2, 0.25) is 0 Å². The maximum Gasteiger partial charge on any atom is 0.346 e. The van der Waals surface area contributed by atoms with Gasteiger partial charge in [0.05, 0.1) is 12.2 Å². The second kappa shape index (κ2) is 4.31. The molecule has 2 heterocycles. The summed E-state index contributed by atoms with van der Waals surface area (Å²) >= 11 is 0. The molecule has 1 aromatic carbocycles. The van der Waals surface area contributed by atoms with Gasteiger partial charge in [-0.15, -0.1) is 0 Å². The van der Waals surface area contributed by atoms with E-state index in [1.54, 1.807) is 4.90 Å². The molecule has 1 unspecified atom stereocenters. The predicted octanol–water partition coefficient (Wildman–Crippen LogP) is 1.92. The molecule has 1 spiro atoms. The average molecular weight is 273 g/mol. The zero-order chi connectivity index (χ0) is 14.4. The van der Waals surface area contributed by atoms with Crippen molar-refractivity contribution in [3.05, 3.63) is 35.9 Å². The van der Waals surface area contributed by atoms with E-state index in [1.165, 1.54) is 0 Å². The molecule has 20 heavy (non-hydrogen) atoms. The lowest BCUT2D eigenvalue weighted by Crippen LogP contribution is -2.54. The summed E-state index contributed by atoms with van der Waals surface area (Å²) in [5.41, 5.74) is 6.22. The van der Waals surface area contributed by atoms with E-state index in [2.05, 4.69) is 4.99 Å². The quantitative estimate of drug-likeness (QED) is 0.895. The SMILES string of the molecule is CC1(C)CC2(CO1)C(N)=NC(=O)N2Cc1ccccc1. The van der Waals surface area contributed by atoms with Crippen LogP contribution in [0.4, 0.5) is 4.79 Å². The molecule has 3 rings (SSSR count). The number of carbonyl (C=O) groups excluding carboxylic acids is 1. The summed E-state index contributed by atoms with van der Waals surface area (Å²) in [4.78, 5) is 17.9. The van der Waals surface area contributed by atoms with Gasteiger partial charge in [0.1, 0.15) is 11.4 Å². The van der Waals surface area contributed by atoms with Crippen LogP contribution in [-0.2, 0) is 11.3 Å². The third-order valence-electron chi connectivity index (χ3n) is 4.04. The van der Waals surface area contributed by atoms with Crippen LogP contribution in [0.25, 0.3) is 0 Å². The standard InChI is InChI=1S/C15H19N3O2/c1-14(2)9-15(10-20-14)12(16)17-13(19)18(15)8-11-6-4-3-5-7-11/h3-7H,8-10H2,1-2H3,(H2,16,17,19). The first kappa shape index (κ1) is 13.1. The van der Waals surface area contributed by atoms with E-state index in [0.29, 0.717) is 25.4 Å². The zero-order valence-corrected chi connectivity index (χ0v) is 11.8. The number of hydrogen-bond donors (Lipinski definition) is 1. The number of nitrogens with two attached hydrogens (primary N) is 1. The molecule has 106 valence electrons. The maximum absolute atomic E-state index is 12.2. The van der Waals surface area contributed by atoms with E-state index in [9.17, 15) is 4.79 Å². The molecule has 1 aromatic rings. The second-order valence-corrected chi connectivity index (χ2v) is 6.11. The van der Waals surface area contributed by atoms with Crippen molar-refractivity contribution in [3.63, 3.8) is 0 Å². The van der Waals surface area contributed by atoms with Crippen LogP contribution in [0.15, 0.2) is 35.3 Å². The molecule has 5 nitrogen and oxygen atoms in total. The third kappa shape index (κ3) is 1.98. The second-order valence-electron chi connectivity index (χ2n) is 6.11. The van der Waals surface area contributed by atoms with E-state index in [-0.39, 0.29) is 11.6 Å². The summed E-state index contributed by atoms with van der Waals surface area (Å²) in [6, 6.07) is 9.60. The number of ether oxygens (including phenoxy) is 1. The van der Waals surface area contributed by atoms with Crippen LogP contribution in [0.2, 0.25) is 0 Å². The number of carbonyl (C=O) groups is 1. The average Bonchev–Trinajstić information content (AvgIpc) is 2.84. The Morgan fingerprint density at radius 2 is 2.05 bits per heavy atom. The topological polar surface area (TPSA) is 67.9 Å².